The molecular weight excluding hydrogens is 178 g/mol. The van der Waals surface area contributed by atoms with Crippen molar-refractivity contribution in [3.63, 3.8) is 0 Å². The van der Waals surface area contributed by atoms with Gasteiger partial charge in [0, 0.05) is 6.20 Å². The number of hydrogen-bond acceptors (Lipinski definition) is 5. The van der Waals surface area contributed by atoms with Crippen molar-refractivity contribution < 1.29 is 9.90 Å². The molecule has 0 aliphatic carbocycles. The summed E-state index contributed by atoms with van der Waals surface area (Å²) in [5.41, 5.74) is 5.34. The fourth-order valence-electron chi connectivity index (χ4n) is 0.603. The Morgan fingerprint density at radius 2 is 2.58 bits per heavy atom. The number of nitrogens with one attached hydrogen (secondary N) is 1. The zero-order valence-corrected chi connectivity index (χ0v) is 6.97. The first-order valence-corrected chi connectivity index (χ1v) is 4.16. The lowest BCUT2D eigenvalue weighted by Crippen LogP contribution is -2.29. The summed E-state index contributed by atoms with van der Waals surface area (Å²) in [5, 5.41) is 11.6. The standard InChI is InChI=1S/C6H8N3O2S/c7-6-8-2-1-4(9-6)12-3-5(10)11/h1-2H,3H2,(H,10,11)(H3,7,8,9). The first kappa shape index (κ1) is 8.92. The Hall–Kier alpha value is -1.17. The van der Waals surface area contributed by atoms with Gasteiger partial charge in [-0.1, -0.05) is 0 Å². The fourth-order valence-corrected chi connectivity index (χ4v) is 1.20. The molecule has 0 spiro atoms. The van der Waals surface area contributed by atoms with Crippen LogP contribution >= 0.6 is 11.8 Å². The Bertz CT molecular complexity index is 239. The lowest BCUT2D eigenvalue weighted by atomic mass is 10.5. The van der Waals surface area contributed by atoms with Crippen LogP contribution in [0.2, 0.25) is 0 Å². The average Bonchev–Trinajstić information content (AvgIpc) is 2.01. The number of guanidine groups is 1. The lowest BCUT2D eigenvalue weighted by molar-refractivity contribution is -0.133. The van der Waals surface area contributed by atoms with E-state index in [4.69, 9.17) is 10.8 Å². The van der Waals surface area contributed by atoms with E-state index in [2.05, 4.69) is 10.3 Å². The molecule has 65 valence electrons. The molecule has 1 rings (SSSR count). The molecule has 5 nitrogen and oxygen atoms in total. The fraction of sp³-hybridized carbons (Fsp3) is 0.167. The van der Waals surface area contributed by atoms with Crippen molar-refractivity contribution in [3.05, 3.63) is 17.6 Å². The average molecular weight is 186 g/mol. The number of carboxylic acid groups (broad SMARTS) is 1. The second-order valence-corrected chi connectivity index (χ2v) is 2.99. The summed E-state index contributed by atoms with van der Waals surface area (Å²) in [6, 6.07) is 0. The van der Waals surface area contributed by atoms with Gasteiger partial charge >= 0.3 is 5.97 Å². The number of carbonyl (C=O) groups is 1. The van der Waals surface area contributed by atoms with Gasteiger partial charge in [-0.15, -0.1) is 11.8 Å². The first-order chi connectivity index (χ1) is 5.68. The van der Waals surface area contributed by atoms with Crippen molar-refractivity contribution >= 4 is 23.7 Å². The maximum Gasteiger partial charge on any atom is 0.313 e. The van der Waals surface area contributed by atoms with E-state index in [0.29, 0.717) is 5.37 Å². The Morgan fingerprint density at radius 1 is 1.83 bits per heavy atom. The van der Waals surface area contributed by atoms with Gasteiger partial charge in [0.15, 0.2) is 11.3 Å². The van der Waals surface area contributed by atoms with E-state index in [1.807, 2.05) is 0 Å². The van der Waals surface area contributed by atoms with Gasteiger partial charge < -0.3 is 16.2 Å². The van der Waals surface area contributed by atoms with Crippen molar-refractivity contribution in [2.24, 2.45) is 10.7 Å². The Labute approximate surface area is 73.7 Å². The predicted octanol–water partition coefficient (Wildman–Crippen LogP) is -0.275. The number of nitrogens with zero attached hydrogens (tertiary/aromatic N) is 1. The molecule has 12 heavy (non-hydrogen) atoms. The summed E-state index contributed by atoms with van der Waals surface area (Å²) in [4.78, 5) is 14.0. The van der Waals surface area contributed by atoms with Crippen molar-refractivity contribution in [1.29, 1.82) is 0 Å². The van der Waals surface area contributed by atoms with Crippen LogP contribution in [0.4, 0.5) is 0 Å². The van der Waals surface area contributed by atoms with Crippen molar-refractivity contribution in [2.45, 2.75) is 0 Å². The number of nitrogens with two attached hydrogens (primary N) is 1. The number of rotatable bonds is 3. The zero-order valence-electron chi connectivity index (χ0n) is 6.15. The Morgan fingerprint density at radius 3 is 3.17 bits per heavy atom. The molecule has 0 atom stereocenters. The van der Waals surface area contributed by atoms with Gasteiger partial charge in [-0.25, -0.2) is 4.99 Å². The molecule has 0 aromatic heterocycles. The van der Waals surface area contributed by atoms with Crippen molar-refractivity contribution in [3.8, 4) is 0 Å². The van der Waals surface area contributed by atoms with Crippen LogP contribution in [0.5, 0.6) is 0 Å². The van der Waals surface area contributed by atoms with E-state index >= 15 is 0 Å². The normalized spacial score (nSPS) is 16.8. The highest BCUT2D eigenvalue weighted by molar-refractivity contribution is 8.02. The van der Waals surface area contributed by atoms with Crippen LogP contribution in [0.1, 0.15) is 0 Å². The third-order valence-corrected chi connectivity index (χ3v) is 1.95. The zero-order chi connectivity index (χ0) is 8.97. The molecule has 4 N–H and O–H groups in total. The third-order valence-electron chi connectivity index (χ3n) is 1.03. The maximum atomic E-state index is 10.2. The molecule has 0 saturated heterocycles. The molecule has 0 fully saturated rings. The quantitative estimate of drug-likeness (QED) is 0.564. The Balaban J connectivity index is 2.37. The summed E-state index contributed by atoms with van der Waals surface area (Å²) >= 11 is 1.13. The van der Waals surface area contributed by atoms with Crippen LogP contribution in [0.25, 0.3) is 0 Å². The van der Waals surface area contributed by atoms with Crippen LogP contribution in [0, 0.1) is 5.37 Å². The second kappa shape index (κ2) is 4.01. The van der Waals surface area contributed by atoms with Gasteiger partial charge in [0.25, 0.3) is 0 Å². The van der Waals surface area contributed by atoms with E-state index in [1.165, 1.54) is 0 Å². The summed E-state index contributed by atoms with van der Waals surface area (Å²) < 4.78 is 0. The van der Waals surface area contributed by atoms with E-state index in [1.54, 1.807) is 12.3 Å². The summed E-state index contributed by atoms with van der Waals surface area (Å²) in [7, 11) is 0. The molecule has 0 bridgehead atoms. The molecule has 1 aliphatic rings. The molecule has 1 aliphatic heterocycles. The van der Waals surface area contributed by atoms with Crippen LogP contribution in [-0.4, -0.2) is 22.8 Å². The van der Waals surface area contributed by atoms with Crippen LogP contribution in [-0.2, 0) is 4.79 Å². The number of carboxylic acids is 1. The van der Waals surface area contributed by atoms with Gasteiger partial charge in [0.1, 0.15) is 0 Å². The molecule has 1 radical (unpaired) electrons. The van der Waals surface area contributed by atoms with E-state index in [0.717, 1.165) is 11.8 Å². The topological polar surface area (TPSA) is 87.7 Å². The highest BCUT2D eigenvalue weighted by Gasteiger charge is 2.10. The highest BCUT2D eigenvalue weighted by atomic mass is 32.2. The SMILES string of the molecule is NC1=N[C](SCC(=O)O)C=CN1. The molecule has 0 aromatic carbocycles. The molecule has 0 unspecified atom stereocenters. The summed E-state index contributed by atoms with van der Waals surface area (Å²) in [6.45, 7) is 0. The van der Waals surface area contributed by atoms with Gasteiger partial charge in [-0.05, 0) is 6.08 Å². The molecule has 0 amide bonds. The van der Waals surface area contributed by atoms with Crippen LogP contribution < -0.4 is 11.1 Å². The largest absolute Gasteiger partial charge is 0.481 e. The maximum absolute atomic E-state index is 10.2. The lowest BCUT2D eigenvalue weighted by Gasteiger charge is -2.10. The number of thioether (sulfide) groups is 1. The minimum Gasteiger partial charge on any atom is -0.481 e. The monoisotopic (exact) mass is 186 g/mol. The van der Waals surface area contributed by atoms with Gasteiger partial charge in [0.2, 0.25) is 0 Å². The van der Waals surface area contributed by atoms with Gasteiger partial charge in [-0.2, -0.15) is 0 Å². The minimum absolute atomic E-state index is 0.00352. The van der Waals surface area contributed by atoms with Gasteiger partial charge in [-0.3, -0.25) is 4.79 Å². The first-order valence-electron chi connectivity index (χ1n) is 3.17. The molecule has 0 aromatic rings. The highest BCUT2D eigenvalue weighted by Crippen LogP contribution is 2.22. The van der Waals surface area contributed by atoms with E-state index in [-0.39, 0.29) is 11.7 Å². The summed E-state index contributed by atoms with van der Waals surface area (Å²) in [6.07, 6.45) is 3.29. The molecule has 1 heterocycles. The van der Waals surface area contributed by atoms with E-state index in [9.17, 15) is 4.79 Å². The summed E-state index contributed by atoms with van der Waals surface area (Å²) in [5.74, 6) is -0.588. The number of aliphatic imine (C=N–C) groups is 1. The van der Waals surface area contributed by atoms with Gasteiger partial charge in [0.05, 0.1) is 5.75 Å². The van der Waals surface area contributed by atoms with Crippen LogP contribution in [0.3, 0.4) is 0 Å². The molecule has 6 heteroatoms. The number of aliphatic carboxylic acids is 1. The van der Waals surface area contributed by atoms with E-state index < -0.39 is 5.97 Å². The third kappa shape index (κ3) is 2.83. The van der Waals surface area contributed by atoms with Crippen molar-refractivity contribution in [2.75, 3.05) is 5.75 Å². The predicted molar refractivity (Wildman–Crippen MR) is 47.2 cm³/mol. The minimum atomic E-state index is -0.867. The van der Waals surface area contributed by atoms with Crippen LogP contribution in [0.15, 0.2) is 17.3 Å². The molecular formula is C6H8N3O2S. The Kier molecular flexibility index (Phi) is 2.98. The molecule has 0 saturated carbocycles. The smallest absolute Gasteiger partial charge is 0.313 e. The number of hydrogen-bond donors (Lipinski definition) is 3. The van der Waals surface area contributed by atoms with Crippen molar-refractivity contribution in [1.82, 2.24) is 5.32 Å². The second-order valence-electron chi connectivity index (χ2n) is 2.00.